The van der Waals surface area contributed by atoms with E-state index < -0.39 is 0 Å². The summed E-state index contributed by atoms with van der Waals surface area (Å²) in [7, 11) is 1.61. The first-order valence-electron chi connectivity index (χ1n) is 5.12. The van der Waals surface area contributed by atoms with Crippen molar-refractivity contribution in [1.29, 1.82) is 0 Å². The van der Waals surface area contributed by atoms with Gasteiger partial charge in [0.1, 0.15) is 5.75 Å². The Hall–Kier alpha value is -2.30. The molecule has 1 aromatic heterocycles. The number of hydrogen-bond donors (Lipinski definition) is 1. The summed E-state index contributed by atoms with van der Waals surface area (Å²) in [6.45, 7) is 1.80. The van der Waals surface area contributed by atoms with Gasteiger partial charge < -0.3 is 10.5 Å². The largest absolute Gasteiger partial charge is 0.497 e. The van der Waals surface area contributed by atoms with Gasteiger partial charge >= 0.3 is 0 Å². The maximum absolute atomic E-state index is 11.3. The second-order valence-corrected chi connectivity index (χ2v) is 3.65. The monoisotopic (exact) mass is 231 g/mol. The van der Waals surface area contributed by atoms with Crippen LogP contribution in [-0.4, -0.2) is 16.9 Å². The molecule has 0 aliphatic rings. The predicted octanol–water partition coefficient (Wildman–Crippen LogP) is 1.13. The molecule has 0 fully saturated rings. The first-order chi connectivity index (χ1) is 8.11. The number of ether oxygens (including phenoxy) is 1. The quantitative estimate of drug-likeness (QED) is 0.841. The molecular formula is C12H13N3O2. The van der Waals surface area contributed by atoms with E-state index >= 15 is 0 Å². The minimum Gasteiger partial charge on any atom is -0.497 e. The van der Waals surface area contributed by atoms with E-state index in [4.69, 9.17) is 10.5 Å². The smallest absolute Gasteiger partial charge is 0.224 e. The lowest BCUT2D eigenvalue weighted by molar-refractivity contribution is 0.414. The molecule has 0 aliphatic heterocycles. The van der Waals surface area contributed by atoms with Crippen molar-refractivity contribution in [2.24, 2.45) is 0 Å². The van der Waals surface area contributed by atoms with Crippen LogP contribution in [0.4, 0.5) is 5.82 Å². The van der Waals surface area contributed by atoms with E-state index in [-0.39, 0.29) is 11.2 Å². The highest BCUT2D eigenvalue weighted by Gasteiger charge is 2.04. The third-order valence-corrected chi connectivity index (χ3v) is 2.45. The molecule has 0 bridgehead atoms. The number of aromatic nitrogens is 2. The van der Waals surface area contributed by atoms with Gasteiger partial charge in [-0.1, -0.05) is 0 Å². The van der Waals surface area contributed by atoms with Crippen molar-refractivity contribution in [1.82, 2.24) is 9.78 Å². The van der Waals surface area contributed by atoms with Crippen molar-refractivity contribution >= 4 is 5.82 Å². The molecule has 2 N–H and O–H groups in total. The lowest BCUT2D eigenvalue weighted by Gasteiger charge is -2.10. The van der Waals surface area contributed by atoms with Gasteiger partial charge in [0.15, 0.2) is 5.82 Å². The zero-order chi connectivity index (χ0) is 12.4. The van der Waals surface area contributed by atoms with Crippen molar-refractivity contribution in [3.05, 3.63) is 46.2 Å². The molecule has 5 nitrogen and oxygen atoms in total. The molecule has 2 rings (SSSR count). The third kappa shape index (κ3) is 2.13. The van der Waals surface area contributed by atoms with Crippen LogP contribution in [-0.2, 0) is 0 Å². The van der Waals surface area contributed by atoms with Crippen LogP contribution >= 0.6 is 0 Å². The number of aryl methyl sites for hydroxylation is 1. The van der Waals surface area contributed by atoms with Crippen molar-refractivity contribution in [2.75, 3.05) is 12.8 Å². The molecule has 0 unspecified atom stereocenters. The van der Waals surface area contributed by atoms with Gasteiger partial charge in [-0.2, -0.15) is 0 Å². The minimum absolute atomic E-state index is 0.00795. The van der Waals surface area contributed by atoms with Crippen molar-refractivity contribution in [2.45, 2.75) is 6.92 Å². The van der Waals surface area contributed by atoms with Crippen LogP contribution in [0.2, 0.25) is 0 Å². The van der Waals surface area contributed by atoms with Gasteiger partial charge in [-0.15, -0.1) is 5.10 Å². The molecule has 17 heavy (non-hydrogen) atoms. The second kappa shape index (κ2) is 4.29. The van der Waals surface area contributed by atoms with Gasteiger partial charge in [-0.25, -0.2) is 4.68 Å². The van der Waals surface area contributed by atoms with Gasteiger partial charge in [0.25, 0.3) is 0 Å². The highest BCUT2D eigenvalue weighted by molar-refractivity contribution is 5.39. The van der Waals surface area contributed by atoms with E-state index in [1.807, 2.05) is 24.3 Å². The Kier molecular flexibility index (Phi) is 2.82. The van der Waals surface area contributed by atoms with E-state index in [0.717, 1.165) is 17.1 Å². The SMILES string of the molecule is COc1ccc(-n2nc(N)c(=O)cc2C)cc1. The molecule has 2 aromatic rings. The zero-order valence-electron chi connectivity index (χ0n) is 9.68. The fraction of sp³-hybridized carbons (Fsp3) is 0.167. The summed E-state index contributed by atoms with van der Waals surface area (Å²) in [6, 6.07) is 8.81. The summed E-state index contributed by atoms with van der Waals surface area (Å²) in [5.41, 5.74) is 6.82. The van der Waals surface area contributed by atoms with Gasteiger partial charge in [-0.3, -0.25) is 4.79 Å². The highest BCUT2D eigenvalue weighted by atomic mass is 16.5. The maximum atomic E-state index is 11.3. The van der Waals surface area contributed by atoms with E-state index in [1.165, 1.54) is 6.07 Å². The number of nitrogens with two attached hydrogens (primary N) is 1. The Morgan fingerprint density at radius 3 is 2.53 bits per heavy atom. The number of hydrogen-bond acceptors (Lipinski definition) is 4. The Balaban J connectivity index is 2.52. The first kappa shape index (κ1) is 11.2. The Morgan fingerprint density at radius 2 is 1.94 bits per heavy atom. The van der Waals surface area contributed by atoms with Crippen LogP contribution < -0.4 is 15.9 Å². The summed E-state index contributed by atoms with van der Waals surface area (Å²) < 4.78 is 6.69. The summed E-state index contributed by atoms with van der Waals surface area (Å²) in [4.78, 5) is 11.3. The molecule has 0 saturated heterocycles. The number of nitrogens with zero attached hydrogens (tertiary/aromatic N) is 2. The number of rotatable bonds is 2. The molecule has 1 aromatic carbocycles. The molecule has 0 aliphatic carbocycles. The van der Waals surface area contributed by atoms with Crippen LogP contribution in [0.15, 0.2) is 35.1 Å². The fourth-order valence-electron chi connectivity index (χ4n) is 1.55. The standard InChI is InChI=1S/C12H13N3O2/c1-8-7-11(16)12(13)14-15(8)9-3-5-10(17-2)6-4-9/h3-7H,1-2H3,(H2,13,14). The van der Waals surface area contributed by atoms with Crippen LogP contribution in [0.3, 0.4) is 0 Å². The predicted molar refractivity (Wildman–Crippen MR) is 65.5 cm³/mol. The molecular weight excluding hydrogens is 218 g/mol. The topological polar surface area (TPSA) is 70.1 Å². The Bertz CT molecular complexity index is 588. The number of nitrogen functional groups attached to an aromatic ring is 1. The molecule has 0 atom stereocenters. The van der Waals surface area contributed by atoms with Crippen LogP contribution in [0.5, 0.6) is 5.75 Å². The van der Waals surface area contributed by atoms with Crippen molar-refractivity contribution in [3.8, 4) is 11.4 Å². The lowest BCUT2D eigenvalue weighted by Crippen LogP contribution is -2.17. The molecule has 1 heterocycles. The van der Waals surface area contributed by atoms with Crippen molar-refractivity contribution in [3.63, 3.8) is 0 Å². The summed E-state index contributed by atoms with van der Waals surface area (Å²) in [5, 5.41) is 4.04. The second-order valence-electron chi connectivity index (χ2n) is 3.65. The number of anilines is 1. The molecule has 88 valence electrons. The van der Waals surface area contributed by atoms with Gasteiger partial charge in [-0.05, 0) is 31.2 Å². The summed E-state index contributed by atoms with van der Waals surface area (Å²) >= 11 is 0. The Labute approximate surface area is 98.5 Å². The third-order valence-electron chi connectivity index (χ3n) is 2.45. The molecule has 0 saturated carbocycles. The first-order valence-corrected chi connectivity index (χ1v) is 5.12. The van der Waals surface area contributed by atoms with E-state index in [1.54, 1.807) is 18.7 Å². The van der Waals surface area contributed by atoms with E-state index in [0.29, 0.717) is 0 Å². The Morgan fingerprint density at radius 1 is 1.29 bits per heavy atom. The average molecular weight is 231 g/mol. The lowest BCUT2D eigenvalue weighted by atomic mass is 10.3. The van der Waals surface area contributed by atoms with Gasteiger partial charge in [0.05, 0.1) is 12.8 Å². The maximum Gasteiger partial charge on any atom is 0.224 e. The average Bonchev–Trinajstić information content (AvgIpc) is 2.34. The van der Waals surface area contributed by atoms with Crippen LogP contribution in [0.1, 0.15) is 5.69 Å². The summed E-state index contributed by atoms with van der Waals surface area (Å²) in [6.07, 6.45) is 0. The molecule has 5 heteroatoms. The normalized spacial score (nSPS) is 10.2. The van der Waals surface area contributed by atoms with E-state index in [9.17, 15) is 4.79 Å². The van der Waals surface area contributed by atoms with Gasteiger partial charge in [0, 0.05) is 11.8 Å². The number of methoxy groups -OCH3 is 1. The van der Waals surface area contributed by atoms with Crippen LogP contribution in [0.25, 0.3) is 5.69 Å². The van der Waals surface area contributed by atoms with E-state index in [2.05, 4.69) is 5.10 Å². The molecule has 0 spiro atoms. The molecule has 0 amide bonds. The summed E-state index contributed by atoms with van der Waals surface area (Å²) in [5.74, 6) is 0.756. The fourth-order valence-corrected chi connectivity index (χ4v) is 1.55. The van der Waals surface area contributed by atoms with Crippen LogP contribution in [0, 0.1) is 6.92 Å². The number of benzene rings is 1. The van der Waals surface area contributed by atoms with Crippen molar-refractivity contribution < 1.29 is 4.74 Å². The zero-order valence-corrected chi connectivity index (χ0v) is 9.68. The molecule has 0 radical (unpaired) electrons. The minimum atomic E-state index is -0.257. The highest BCUT2D eigenvalue weighted by Crippen LogP contribution is 2.15. The van der Waals surface area contributed by atoms with Gasteiger partial charge in [0.2, 0.25) is 5.43 Å².